The van der Waals surface area contributed by atoms with Crippen LogP contribution in [0, 0.1) is 29.6 Å². The maximum atomic E-state index is 12.6. The van der Waals surface area contributed by atoms with E-state index >= 15 is 0 Å². The molecule has 5 rings (SSSR count). The van der Waals surface area contributed by atoms with Crippen LogP contribution in [0.1, 0.15) is 12.5 Å². The Labute approximate surface area is 153 Å². The lowest BCUT2D eigenvalue weighted by Crippen LogP contribution is -2.61. The summed E-state index contributed by atoms with van der Waals surface area (Å²) < 4.78 is 10.7. The Morgan fingerprint density at radius 3 is 2.27 bits per heavy atom. The Morgan fingerprint density at radius 1 is 0.923 bits per heavy atom. The molecular weight excluding hydrogens is 330 g/mol. The smallest absolute Gasteiger partial charge is 0.407 e. The molecule has 0 aromatic heterocycles. The molecule has 1 saturated carbocycles. The molecule has 2 bridgehead atoms. The van der Waals surface area contributed by atoms with Gasteiger partial charge in [0.05, 0.1) is 18.6 Å². The molecule has 6 atom stereocenters. The Balaban J connectivity index is 1.46. The molecule has 26 heavy (non-hydrogen) atoms. The second-order valence-electron chi connectivity index (χ2n) is 7.09. The Morgan fingerprint density at radius 2 is 1.58 bits per heavy atom. The minimum atomic E-state index is -0.492. The number of fused-ring (bicyclic) bond motifs is 1. The second kappa shape index (κ2) is 6.98. The number of carbonyl (C=O) groups excluding carboxylic acids is 2. The van der Waals surface area contributed by atoms with E-state index in [1.165, 1.54) is 0 Å². The van der Waals surface area contributed by atoms with Crippen LogP contribution in [0.5, 0.6) is 0 Å². The van der Waals surface area contributed by atoms with E-state index in [1.807, 2.05) is 30.3 Å². The molecule has 0 heterocycles. The van der Waals surface area contributed by atoms with Gasteiger partial charge in [0.1, 0.15) is 6.61 Å². The molecule has 1 amide bonds. The number of benzene rings is 1. The molecule has 1 aromatic rings. The number of esters is 1. The van der Waals surface area contributed by atoms with Gasteiger partial charge < -0.3 is 14.8 Å². The van der Waals surface area contributed by atoms with E-state index in [9.17, 15) is 9.59 Å². The lowest BCUT2D eigenvalue weighted by atomic mass is 9.52. The maximum Gasteiger partial charge on any atom is 0.407 e. The zero-order valence-electron chi connectivity index (χ0n) is 14.7. The van der Waals surface area contributed by atoms with Crippen LogP contribution in [0.15, 0.2) is 54.6 Å². The standard InChI is InChI=1S/C21H23NO4/c1-2-25-20(23)18-16-10-11-17(15-9-8-14(15)16)19(18)22-21(24)26-12-13-6-4-3-5-7-13/h3-11,14-19H,2,12H2,1H3,(H,22,24)/t14?,15?,16-,17+,18-,19-/m0/s1. The first kappa shape index (κ1) is 16.9. The van der Waals surface area contributed by atoms with Crippen LogP contribution >= 0.6 is 0 Å². The molecule has 5 heteroatoms. The number of carbonyl (C=O) groups is 2. The number of rotatable bonds is 5. The van der Waals surface area contributed by atoms with Gasteiger partial charge in [-0.3, -0.25) is 4.79 Å². The van der Waals surface area contributed by atoms with Crippen molar-refractivity contribution in [3.63, 3.8) is 0 Å². The van der Waals surface area contributed by atoms with Crippen LogP contribution < -0.4 is 5.32 Å². The number of allylic oxidation sites excluding steroid dienone is 3. The molecule has 4 aliphatic carbocycles. The molecule has 5 nitrogen and oxygen atoms in total. The summed E-state index contributed by atoms with van der Waals surface area (Å²) in [4.78, 5) is 24.9. The van der Waals surface area contributed by atoms with Gasteiger partial charge in [0, 0.05) is 5.92 Å². The molecule has 0 spiro atoms. The van der Waals surface area contributed by atoms with Crippen LogP contribution in [-0.4, -0.2) is 24.7 Å². The number of nitrogens with one attached hydrogen (secondary N) is 1. The number of hydrogen-bond acceptors (Lipinski definition) is 4. The summed E-state index contributed by atoms with van der Waals surface area (Å²) >= 11 is 0. The van der Waals surface area contributed by atoms with E-state index in [0.29, 0.717) is 18.4 Å². The van der Waals surface area contributed by atoms with Crippen molar-refractivity contribution in [2.24, 2.45) is 29.6 Å². The predicted molar refractivity (Wildman–Crippen MR) is 95.9 cm³/mol. The third-order valence-electron chi connectivity index (χ3n) is 5.72. The van der Waals surface area contributed by atoms with Gasteiger partial charge in [-0.1, -0.05) is 54.6 Å². The number of alkyl carbamates (subject to hydrolysis) is 1. The van der Waals surface area contributed by atoms with E-state index in [0.717, 1.165) is 5.56 Å². The van der Waals surface area contributed by atoms with Crippen LogP contribution in [0.3, 0.4) is 0 Å². The van der Waals surface area contributed by atoms with Crippen molar-refractivity contribution in [1.82, 2.24) is 5.32 Å². The third kappa shape index (κ3) is 2.91. The predicted octanol–water partition coefficient (Wildman–Crippen LogP) is 3.08. The summed E-state index contributed by atoms with van der Waals surface area (Å²) in [6, 6.07) is 9.25. The number of hydrogen-bond donors (Lipinski definition) is 1. The first-order valence-corrected chi connectivity index (χ1v) is 9.19. The van der Waals surface area contributed by atoms with Crippen molar-refractivity contribution in [3.05, 3.63) is 60.2 Å². The Hall–Kier alpha value is -2.56. The zero-order chi connectivity index (χ0) is 18.1. The van der Waals surface area contributed by atoms with Gasteiger partial charge >= 0.3 is 12.1 Å². The highest BCUT2D eigenvalue weighted by Crippen LogP contribution is 2.53. The molecular formula is C21H23NO4. The zero-order valence-corrected chi connectivity index (χ0v) is 14.7. The summed E-state index contributed by atoms with van der Waals surface area (Å²) in [6.07, 6.45) is 8.10. The minimum Gasteiger partial charge on any atom is -0.466 e. The summed E-state index contributed by atoms with van der Waals surface area (Å²) in [5.74, 6) is 0.342. The van der Waals surface area contributed by atoms with Crippen LogP contribution in [0.25, 0.3) is 0 Å². The third-order valence-corrected chi connectivity index (χ3v) is 5.72. The normalized spacial score (nSPS) is 33.1. The maximum absolute atomic E-state index is 12.6. The summed E-state index contributed by atoms with van der Waals surface area (Å²) in [5.41, 5.74) is 0.927. The molecule has 4 aliphatic rings. The van der Waals surface area contributed by atoms with Crippen molar-refractivity contribution in [3.8, 4) is 0 Å². The molecule has 0 radical (unpaired) electrons. The minimum absolute atomic E-state index is 0.0773. The Kier molecular flexibility index (Phi) is 4.53. The van der Waals surface area contributed by atoms with E-state index in [1.54, 1.807) is 6.92 Å². The average Bonchev–Trinajstić information content (AvgIpc) is 2.61. The van der Waals surface area contributed by atoms with Crippen molar-refractivity contribution in [1.29, 1.82) is 0 Å². The lowest BCUT2D eigenvalue weighted by molar-refractivity contribution is -0.154. The lowest BCUT2D eigenvalue weighted by Gasteiger charge is -2.54. The highest BCUT2D eigenvalue weighted by Gasteiger charge is 2.56. The van der Waals surface area contributed by atoms with E-state index in [2.05, 4.69) is 29.6 Å². The molecule has 0 aliphatic heterocycles. The summed E-state index contributed by atoms with van der Waals surface area (Å²) in [7, 11) is 0. The Bertz CT molecular complexity index is 742. The number of ether oxygens (including phenoxy) is 2. The van der Waals surface area contributed by atoms with Gasteiger partial charge in [-0.05, 0) is 30.2 Å². The molecule has 136 valence electrons. The first-order valence-electron chi connectivity index (χ1n) is 9.19. The molecule has 0 saturated heterocycles. The molecule has 1 aromatic carbocycles. The van der Waals surface area contributed by atoms with Crippen molar-refractivity contribution >= 4 is 12.1 Å². The largest absolute Gasteiger partial charge is 0.466 e. The summed E-state index contributed by atoms with van der Waals surface area (Å²) in [6.45, 7) is 2.35. The second-order valence-corrected chi connectivity index (χ2v) is 7.09. The van der Waals surface area contributed by atoms with Crippen molar-refractivity contribution < 1.29 is 19.1 Å². The van der Waals surface area contributed by atoms with Gasteiger partial charge in [-0.2, -0.15) is 0 Å². The SMILES string of the molecule is CCOC(=O)[C@@H]1[C@@H](NC(=O)OCc2ccccc2)[C@@H]2C=C[C@H]1C1C=CC12. The fourth-order valence-corrected chi connectivity index (χ4v) is 4.48. The molecule has 2 unspecified atom stereocenters. The highest BCUT2D eigenvalue weighted by molar-refractivity contribution is 5.77. The summed E-state index contributed by atoms with van der Waals surface area (Å²) in [5, 5.41) is 2.95. The van der Waals surface area contributed by atoms with Gasteiger partial charge in [0.25, 0.3) is 0 Å². The number of amides is 1. The van der Waals surface area contributed by atoms with Crippen LogP contribution in [0.4, 0.5) is 4.79 Å². The topological polar surface area (TPSA) is 64.6 Å². The highest BCUT2D eigenvalue weighted by atomic mass is 16.5. The quantitative estimate of drug-likeness (QED) is 0.653. The van der Waals surface area contributed by atoms with Gasteiger partial charge in [0.2, 0.25) is 0 Å². The van der Waals surface area contributed by atoms with E-state index in [4.69, 9.17) is 9.47 Å². The van der Waals surface area contributed by atoms with Crippen molar-refractivity contribution in [2.75, 3.05) is 6.61 Å². The van der Waals surface area contributed by atoms with Crippen LogP contribution in [0.2, 0.25) is 0 Å². The fourth-order valence-electron chi connectivity index (χ4n) is 4.48. The average molecular weight is 353 g/mol. The fraction of sp³-hybridized carbons (Fsp3) is 0.429. The first-order chi connectivity index (χ1) is 12.7. The monoisotopic (exact) mass is 353 g/mol. The molecule has 1 N–H and O–H groups in total. The van der Waals surface area contributed by atoms with Gasteiger partial charge in [0.15, 0.2) is 0 Å². The van der Waals surface area contributed by atoms with Crippen molar-refractivity contribution in [2.45, 2.75) is 19.6 Å². The van der Waals surface area contributed by atoms with Gasteiger partial charge in [-0.15, -0.1) is 0 Å². The van der Waals surface area contributed by atoms with Gasteiger partial charge in [-0.25, -0.2) is 4.79 Å². The van der Waals surface area contributed by atoms with E-state index < -0.39 is 6.09 Å². The van der Waals surface area contributed by atoms with E-state index in [-0.39, 0.29) is 36.4 Å². The van der Waals surface area contributed by atoms with Crippen LogP contribution in [-0.2, 0) is 20.9 Å². The molecule has 1 fully saturated rings.